The molecule has 0 unspecified atom stereocenters. The lowest BCUT2D eigenvalue weighted by Crippen LogP contribution is -1.72. The molecule has 0 atom stereocenters. The molecule has 0 bridgehead atoms. The zero-order valence-electron chi connectivity index (χ0n) is 5.24. The molecule has 1 heterocycles. The zero-order valence-corrected chi connectivity index (χ0v) is 6.06. The number of aromatic nitrogens is 1. The van der Waals surface area contributed by atoms with Crippen LogP contribution in [0.1, 0.15) is 23.8 Å². The summed E-state index contributed by atoms with van der Waals surface area (Å²) in [5.74, 6) is 0.295. The third-order valence-corrected chi connectivity index (χ3v) is 2.54. The topological polar surface area (TPSA) is 53.4 Å². The molecular weight excluding hydrogens is 150 g/mol. The van der Waals surface area contributed by atoms with Gasteiger partial charge in [0.1, 0.15) is 5.01 Å². The van der Waals surface area contributed by atoms with Gasteiger partial charge in [-0.25, -0.2) is 4.98 Å². The van der Waals surface area contributed by atoms with Gasteiger partial charge in [0.2, 0.25) is 5.06 Å². The van der Waals surface area contributed by atoms with Crippen LogP contribution in [0, 0.1) is 0 Å². The van der Waals surface area contributed by atoms with Crippen molar-refractivity contribution in [2.24, 2.45) is 0 Å². The van der Waals surface area contributed by atoms with E-state index in [0.29, 0.717) is 5.92 Å². The van der Waals surface area contributed by atoms with Crippen molar-refractivity contribution in [3.63, 3.8) is 0 Å². The van der Waals surface area contributed by atoms with Crippen LogP contribution in [-0.2, 0) is 0 Å². The maximum atomic E-state index is 8.92. The first-order chi connectivity index (χ1) is 4.77. The van der Waals surface area contributed by atoms with Crippen molar-refractivity contribution in [2.45, 2.75) is 18.8 Å². The minimum absolute atomic E-state index is 0.0538. The second-order valence-electron chi connectivity index (χ2n) is 2.46. The van der Waals surface area contributed by atoms with Gasteiger partial charge < -0.3 is 10.2 Å². The molecule has 2 N–H and O–H groups in total. The average Bonchev–Trinajstić information content (AvgIpc) is 2.64. The predicted octanol–water partition coefficient (Wildman–Crippen LogP) is 1.43. The maximum Gasteiger partial charge on any atom is 0.266 e. The van der Waals surface area contributed by atoms with E-state index in [1.165, 1.54) is 11.3 Å². The largest absolute Gasteiger partial charge is 0.496 e. The average molecular weight is 157 g/mol. The van der Waals surface area contributed by atoms with Gasteiger partial charge in [0.15, 0.2) is 0 Å². The van der Waals surface area contributed by atoms with Crippen molar-refractivity contribution in [3.8, 4) is 10.9 Å². The van der Waals surface area contributed by atoms with Crippen molar-refractivity contribution in [2.75, 3.05) is 0 Å². The Hall–Kier alpha value is -0.770. The van der Waals surface area contributed by atoms with Gasteiger partial charge in [0.05, 0.1) is 0 Å². The molecule has 0 saturated heterocycles. The molecule has 1 aliphatic rings. The Kier molecular flexibility index (Phi) is 1.11. The summed E-state index contributed by atoms with van der Waals surface area (Å²) in [6.07, 6.45) is 2.29. The third kappa shape index (κ3) is 0.844. The fourth-order valence-electron chi connectivity index (χ4n) is 0.825. The molecule has 0 amide bonds. The van der Waals surface area contributed by atoms with Crippen LogP contribution in [0.3, 0.4) is 0 Å². The van der Waals surface area contributed by atoms with Crippen molar-refractivity contribution in [1.29, 1.82) is 0 Å². The first-order valence-electron chi connectivity index (χ1n) is 3.16. The summed E-state index contributed by atoms with van der Waals surface area (Å²) in [6, 6.07) is 0. The SMILES string of the molecule is Oc1nc(C2CC2)sc1O. The number of thiazole rings is 1. The minimum Gasteiger partial charge on any atom is -0.496 e. The van der Waals surface area contributed by atoms with Crippen molar-refractivity contribution >= 4 is 11.3 Å². The summed E-state index contributed by atoms with van der Waals surface area (Å²) in [7, 11) is 0. The van der Waals surface area contributed by atoms with Gasteiger partial charge in [-0.05, 0) is 12.8 Å². The Morgan fingerprint density at radius 3 is 2.50 bits per heavy atom. The van der Waals surface area contributed by atoms with Gasteiger partial charge >= 0.3 is 0 Å². The highest BCUT2D eigenvalue weighted by Gasteiger charge is 2.28. The van der Waals surface area contributed by atoms with E-state index in [0.717, 1.165) is 17.8 Å². The molecule has 10 heavy (non-hydrogen) atoms. The Labute approximate surface area is 62.0 Å². The molecule has 1 fully saturated rings. The quantitative estimate of drug-likeness (QED) is 0.648. The lowest BCUT2D eigenvalue weighted by molar-refractivity contribution is 0.401. The number of rotatable bonds is 1. The van der Waals surface area contributed by atoms with Gasteiger partial charge in [-0.1, -0.05) is 11.3 Å². The summed E-state index contributed by atoms with van der Waals surface area (Å²) >= 11 is 1.18. The summed E-state index contributed by atoms with van der Waals surface area (Å²) in [5.41, 5.74) is 0. The molecule has 1 aliphatic carbocycles. The third-order valence-electron chi connectivity index (χ3n) is 1.54. The number of hydrogen-bond acceptors (Lipinski definition) is 4. The molecule has 1 aromatic heterocycles. The molecular formula is C6H7NO2S. The second-order valence-corrected chi connectivity index (χ2v) is 3.46. The molecule has 0 aromatic carbocycles. The molecule has 2 rings (SSSR count). The van der Waals surface area contributed by atoms with Crippen LogP contribution in [0.2, 0.25) is 0 Å². The van der Waals surface area contributed by atoms with E-state index in [1.54, 1.807) is 0 Å². The van der Waals surface area contributed by atoms with E-state index in [1.807, 2.05) is 0 Å². The van der Waals surface area contributed by atoms with E-state index >= 15 is 0 Å². The maximum absolute atomic E-state index is 8.92. The standard InChI is InChI=1S/C6H7NO2S/c8-4-6(9)10-5(7-4)3-1-2-3/h3,8-9H,1-2H2. The van der Waals surface area contributed by atoms with Crippen LogP contribution in [0.4, 0.5) is 0 Å². The second kappa shape index (κ2) is 1.85. The van der Waals surface area contributed by atoms with Crippen molar-refractivity contribution in [3.05, 3.63) is 5.01 Å². The van der Waals surface area contributed by atoms with Crippen LogP contribution in [-0.4, -0.2) is 15.2 Å². The Bertz CT molecular complexity index is 235. The highest BCUT2D eigenvalue weighted by molar-refractivity contribution is 7.13. The Morgan fingerprint density at radius 1 is 1.40 bits per heavy atom. The highest BCUT2D eigenvalue weighted by Crippen LogP contribution is 2.45. The van der Waals surface area contributed by atoms with Gasteiger partial charge in [0, 0.05) is 5.92 Å². The number of aromatic hydroxyl groups is 2. The molecule has 1 saturated carbocycles. The molecule has 4 heteroatoms. The van der Waals surface area contributed by atoms with Crippen LogP contribution in [0.15, 0.2) is 0 Å². The summed E-state index contributed by atoms with van der Waals surface area (Å²) in [6.45, 7) is 0. The van der Waals surface area contributed by atoms with E-state index in [9.17, 15) is 0 Å². The van der Waals surface area contributed by atoms with Crippen molar-refractivity contribution < 1.29 is 10.2 Å². The molecule has 0 aliphatic heterocycles. The smallest absolute Gasteiger partial charge is 0.266 e. The van der Waals surface area contributed by atoms with E-state index in [-0.39, 0.29) is 10.9 Å². The Morgan fingerprint density at radius 2 is 2.10 bits per heavy atom. The van der Waals surface area contributed by atoms with Crippen LogP contribution in [0.5, 0.6) is 10.9 Å². The molecule has 1 aromatic rings. The first kappa shape index (κ1) is 5.97. The minimum atomic E-state index is -0.216. The molecule has 3 nitrogen and oxygen atoms in total. The lowest BCUT2D eigenvalue weighted by Gasteiger charge is -1.81. The zero-order chi connectivity index (χ0) is 7.14. The fourth-order valence-corrected chi connectivity index (χ4v) is 1.69. The lowest BCUT2D eigenvalue weighted by atomic mass is 10.5. The molecule has 0 radical (unpaired) electrons. The van der Waals surface area contributed by atoms with Crippen LogP contribution >= 0.6 is 11.3 Å². The van der Waals surface area contributed by atoms with E-state index in [2.05, 4.69) is 4.98 Å². The monoisotopic (exact) mass is 157 g/mol. The molecule has 54 valence electrons. The van der Waals surface area contributed by atoms with Gasteiger partial charge in [-0.2, -0.15) is 0 Å². The van der Waals surface area contributed by atoms with Crippen molar-refractivity contribution in [1.82, 2.24) is 4.98 Å². The summed E-state index contributed by atoms with van der Waals surface area (Å²) < 4.78 is 0. The molecule has 0 spiro atoms. The van der Waals surface area contributed by atoms with E-state index in [4.69, 9.17) is 10.2 Å². The summed E-state index contributed by atoms with van der Waals surface area (Å²) in [4.78, 5) is 3.80. The normalized spacial score (nSPS) is 17.6. The predicted molar refractivity (Wildman–Crippen MR) is 37.4 cm³/mol. The van der Waals surface area contributed by atoms with Gasteiger partial charge in [-0.15, -0.1) is 0 Å². The first-order valence-corrected chi connectivity index (χ1v) is 3.97. The summed E-state index contributed by atoms with van der Waals surface area (Å²) in [5, 5.41) is 18.6. The van der Waals surface area contributed by atoms with Gasteiger partial charge in [0.25, 0.3) is 5.88 Å². The highest BCUT2D eigenvalue weighted by atomic mass is 32.1. The van der Waals surface area contributed by atoms with Crippen LogP contribution in [0.25, 0.3) is 0 Å². The number of nitrogens with zero attached hydrogens (tertiary/aromatic N) is 1. The number of hydrogen-bond donors (Lipinski definition) is 2. The fraction of sp³-hybridized carbons (Fsp3) is 0.500. The van der Waals surface area contributed by atoms with E-state index < -0.39 is 0 Å². The Balaban J connectivity index is 2.34. The van der Waals surface area contributed by atoms with Gasteiger partial charge in [-0.3, -0.25) is 0 Å². The van der Waals surface area contributed by atoms with Crippen LogP contribution < -0.4 is 0 Å².